The SMILES string of the molecule is CCCC1=C(C)C(=N)/C(=C(\C=N)NCc2cccs2)S1. The van der Waals surface area contributed by atoms with Crippen molar-refractivity contribution in [2.45, 2.75) is 33.2 Å². The van der Waals surface area contributed by atoms with Crippen molar-refractivity contribution in [2.75, 3.05) is 0 Å². The van der Waals surface area contributed by atoms with E-state index in [0.29, 0.717) is 12.3 Å². The first-order valence-electron chi connectivity index (χ1n) is 6.65. The first-order chi connectivity index (χ1) is 9.67. The lowest BCUT2D eigenvalue weighted by atomic mass is 10.1. The molecule has 1 aromatic heterocycles. The van der Waals surface area contributed by atoms with Crippen LogP contribution in [0.5, 0.6) is 0 Å². The van der Waals surface area contributed by atoms with Gasteiger partial charge in [0, 0.05) is 17.6 Å². The van der Waals surface area contributed by atoms with Gasteiger partial charge >= 0.3 is 0 Å². The first kappa shape index (κ1) is 15.1. The number of hydrogen-bond acceptors (Lipinski definition) is 5. The lowest BCUT2D eigenvalue weighted by Crippen LogP contribution is -2.16. The number of thioether (sulfide) groups is 1. The maximum atomic E-state index is 8.23. The van der Waals surface area contributed by atoms with Gasteiger partial charge in [0.1, 0.15) is 0 Å². The molecule has 106 valence electrons. The van der Waals surface area contributed by atoms with Crippen LogP contribution in [0.15, 0.2) is 38.6 Å². The number of thiophene rings is 1. The van der Waals surface area contributed by atoms with Crippen LogP contribution in [0.1, 0.15) is 31.6 Å². The summed E-state index contributed by atoms with van der Waals surface area (Å²) in [5.74, 6) is 0. The molecule has 0 bridgehead atoms. The van der Waals surface area contributed by atoms with Gasteiger partial charge in [0.05, 0.1) is 16.3 Å². The van der Waals surface area contributed by atoms with Crippen LogP contribution >= 0.6 is 23.1 Å². The molecular formula is C15H19N3S2. The molecule has 0 saturated carbocycles. The van der Waals surface area contributed by atoms with E-state index in [9.17, 15) is 0 Å². The number of nitrogens with one attached hydrogen (secondary N) is 3. The van der Waals surface area contributed by atoms with Gasteiger partial charge in [-0.3, -0.25) is 5.41 Å². The standard InChI is InChI=1S/C15H19N3S2/c1-3-5-13-10(2)14(17)15(20-13)12(8-16)18-9-11-6-4-7-19-11/h4,6-8,16-18H,3,5,9H2,1-2H3/b15-12-,16-8?,17-14?. The van der Waals surface area contributed by atoms with Crippen LogP contribution in [0.3, 0.4) is 0 Å². The van der Waals surface area contributed by atoms with Crippen LogP contribution in [-0.4, -0.2) is 11.9 Å². The number of rotatable bonds is 6. The molecule has 0 radical (unpaired) electrons. The zero-order chi connectivity index (χ0) is 14.5. The van der Waals surface area contributed by atoms with Crippen LogP contribution in [0.2, 0.25) is 0 Å². The number of allylic oxidation sites excluding steroid dienone is 4. The summed E-state index contributed by atoms with van der Waals surface area (Å²) >= 11 is 3.34. The Morgan fingerprint density at radius 3 is 2.85 bits per heavy atom. The molecule has 2 heterocycles. The molecule has 1 aliphatic heterocycles. The summed E-state index contributed by atoms with van der Waals surface area (Å²) in [4.78, 5) is 3.39. The summed E-state index contributed by atoms with van der Waals surface area (Å²) in [6.45, 7) is 4.87. The maximum absolute atomic E-state index is 8.23. The Balaban J connectivity index is 2.14. The Morgan fingerprint density at radius 1 is 1.45 bits per heavy atom. The van der Waals surface area contributed by atoms with E-state index >= 15 is 0 Å². The zero-order valence-electron chi connectivity index (χ0n) is 11.7. The molecule has 0 unspecified atom stereocenters. The molecule has 3 nitrogen and oxygen atoms in total. The number of hydrogen-bond donors (Lipinski definition) is 3. The second kappa shape index (κ2) is 6.90. The topological polar surface area (TPSA) is 59.7 Å². The predicted octanol–water partition coefficient (Wildman–Crippen LogP) is 4.54. The van der Waals surface area contributed by atoms with E-state index in [2.05, 4.69) is 18.3 Å². The Kier molecular flexibility index (Phi) is 5.20. The van der Waals surface area contributed by atoms with Gasteiger partial charge in [-0.1, -0.05) is 31.2 Å². The third kappa shape index (κ3) is 3.22. The summed E-state index contributed by atoms with van der Waals surface area (Å²) < 4.78 is 0. The van der Waals surface area contributed by atoms with Gasteiger partial charge in [-0.25, -0.2) is 0 Å². The largest absolute Gasteiger partial charge is 0.378 e. The summed E-state index contributed by atoms with van der Waals surface area (Å²) in [5.41, 5.74) is 2.37. The second-order valence-electron chi connectivity index (χ2n) is 4.60. The van der Waals surface area contributed by atoms with Crippen LogP contribution < -0.4 is 5.32 Å². The van der Waals surface area contributed by atoms with E-state index < -0.39 is 0 Å². The molecule has 0 aromatic carbocycles. The lowest BCUT2D eigenvalue weighted by molar-refractivity contribution is 0.861. The zero-order valence-corrected chi connectivity index (χ0v) is 13.4. The predicted molar refractivity (Wildman–Crippen MR) is 89.9 cm³/mol. The van der Waals surface area contributed by atoms with Gasteiger partial charge in [0.25, 0.3) is 0 Å². The highest BCUT2D eigenvalue weighted by molar-refractivity contribution is 8.08. The Morgan fingerprint density at radius 2 is 2.25 bits per heavy atom. The molecule has 5 heteroatoms. The van der Waals surface area contributed by atoms with E-state index in [1.165, 1.54) is 16.0 Å². The smallest absolute Gasteiger partial charge is 0.0737 e. The Bertz CT molecular complexity index is 568. The average Bonchev–Trinajstić information content (AvgIpc) is 3.05. The summed E-state index contributed by atoms with van der Waals surface area (Å²) in [6, 6.07) is 4.10. The highest BCUT2D eigenvalue weighted by atomic mass is 32.2. The molecule has 2 rings (SSSR count). The van der Waals surface area contributed by atoms with Crippen molar-refractivity contribution in [3.05, 3.63) is 43.5 Å². The summed E-state index contributed by atoms with van der Waals surface area (Å²) in [5, 5.41) is 21.2. The van der Waals surface area contributed by atoms with Crippen molar-refractivity contribution >= 4 is 35.0 Å². The van der Waals surface area contributed by atoms with Crippen LogP contribution in [0, 0.1) is 10.8 Å². The highest BCUT2D eigenvalue weighted by Crippen LogP contribution is 2.41. The normalized spacial score (nSPS) is 17.6. The second-order valence-corrected chi connectivity index (χ2v) is 6.73. The quantitative estimate of drug-likeness (QED) is 0.676. The molecule has 1 aromatic rings. The van der Waals surface area contributed by atoms with Gasteiger partial charge in [-0.15, -0.1) is 11.3 Å². The molecule has 0 fully saturated rings. The average molecular weight is 305 g/mol. The monoisotopic (exact) mass is 305 g/mol. The third-order valence-corrected chi connectivity index (χ3v) is 5.41. The van der Waals surface area contributed by atoms with Gasteiger partial charge in [0.15, 0.2) is 0 Å². The first-order valence-corrected chi connectivity index (χ1v) is 8.34. The molecule has 1 aliphatic rings. The van der Waals surface area contributed by atoms with Gasteiger partial charge < -0.3 is 10.7 Å². The summed E-state index contributed by atoms with van der Waals surface area (Å²) in [7, 11) is 0. The lowest BCUT2D eigenvalue weighted by Gasteiger charge is -2.09. The van der Waals surface area contributed by atoms with E-state index in [4.69, 9.17) is 10.8 Å². The minimum atomic E-state index is 0.565. The van der Waals surface area contributed by atoms with Crippen LogP contribution in [0.4, 0.5) is 0 Å². The van der Waals surface area contributed by atoms with Crippen LogP contribution in [-0.2, 0) is 6.54 Å². The van der Waals surface area contributed by atoms with Crippen molar-refractivity contribution < 1.29 is 0 Å². The van der Waals surface area contributed by atoms with Crippen molar-refractivity contribution in [1.82, 2.24) is 5.32 Å². The van der Waals surface area contributed by atoms with Gasteiger partial charge in [-0.05, 0) is 35.3 Å². The molecule has 0 spiro atoms. The Labute approximate surface area is 128 Å². The Hall–Kier alpha value is -1.33. The molecule has 0 atom stereocenters. The van der Waals surface area contributed by atoms with Crippen LogP contribution in [0.25, 0.3) is 0 Å². The van der Waals surface area contributed by atoms with Crippen molar-refractivity contribution in [3.8, 4) is 0 Å². The van der Waals surface area contributed by atoms with Gasteiger partial charge in [0.2, 0.25) is 0 Å². The molecule has 0 saturated heterocycles. The minimum Gasteiger partial charge on any atom is -0.378 e. The molecule has 3 N–H and O–H groups in total. The fraction of sp³-hybridized carbons (Fsp3) is 0.333. The van der Waals surface area contributed by atoms with E-state index in [1.54, 1.807) is 23.1 Å². The highest BCUT2D eigenvalue weighted by Gasteiger charge is 2.24. The van der Waals surface area contributed by atoms with Crippen molar-refractivity contribution in [2.24, 2.45) is 0 Å². The fourth-order valence-corrected chi connectivity index (χ4v) is 3.96. The third-order valence-electron chi connectivity index (χ3n) is 3.14. The van der Waals surface area contributed by atoms with Crippen molar-refractivity contribution in [3.63, 3.8) is 0 Å². The fourth-order valence-electron chi connectivity index (χ4n) is 2.01. The van der Waals surface area contributed by atoms with Gasteiger partial charge in [-0.2, -0.15) is 0 Å². The minimum absolute atomic E-state index is 0.565. The molecule has 0 aliphatic carbocycles. The molecule has 0 amide bonds. The van der Waals surface area contributed by atoms with E-state index in [0.717, 1.165) is 29.0 Å². The maximum Gasteiger partial charge on any atom is 0.0737 e. The summed E-state index contributed by atoms with van der Waals surface area (Å²) in [6.07, 6.45) is 3.42. The van der Waals surface area contributed by atoms with Crippen molar-refractivity contribution in [1.29, 1.82) is 10.8 Å². The van der Waals surface area contributed by atoms with E-state index in [1.807, 2.05) is 18.4 Å². The van der Waals surface area contributed by atoms with E-state index in [-0.39, 0.29) is 0 Å². The molecular weight excluding hydrogens is 286 g/mol. The molecule has 20 heavy (non-hydrogen) atoms.